The molecule has 178 valence electrons. The third-order valence-electron chi connectivity index (χ3n) is 6.33. The number of H-pyrrole nitrogens is 1. The van der Waals surface area contributed by atoms with Crippen molar-refractivity contribution in [3.05, 3.63) is 72.4 Å². The van der Waals surface area contributed by atoms with E-state index < -0.39 is 11.7 Å². The molecule has 8 nitrogen and oxygen atoms in total. The van der Waals surface area contributed by atoms with Crippen LogP contribution >= 0.6 is 0 Å². The fraction of sp³-hybridized carbons (Fsp3) is 0.250. The smallest absolute Gasteiger partial charge is 0.360 e. The molecule has 0 amide bonds. The number of benzene rings is 1. The average Bonchev–Trinajstić information content (AvgIpc) is 3.48. The number of para-hydroxylation sites is 1. The Labute approximate surface area is 197 Å². The lowest BCUT2D eigenvalue weighted by Crippen LogP contribution is -2.43. The second kappa shape index (κ2) is 8.35. The molecule has 3 N–H and O–H groups in total. The van der Waals surface area contributed by atoms with Gasteiger partial charge in [0.1, 0.15) is 11.4 Å². The molecule has 0 bridgehead atoms. The lowest BCUT2D eigenvalue weighted by Gasteiger charge is -2.29. The first-order valence-corrected chi connectivity index (χ1v) is 11.2. The number of nitrogens with one attached hydrogen (secondary N) is 3. The number of hydrogen-bond acceptors (Lipinski definition) is 6. The second-order valence-electron chi connectivity index (χ2n) is 8.62. The van der Waals surface area contributed by atoms with Gasteiger partial charge in [-0.1, -0.05) is 24.3 Å². The van der Waals surface area contributed by atoms with E-state index in [-0.39, 0.29) is 23.6 Å². The number of nitrogens with zero attached hydrogens (tertiary/aromatic N) is 5. The van der Waals surface area contributed by atoms with Crippen LogP contribution in [0.15, 0.2) is 61.1 Å². The summed E-state index contributed by atoms with van der Waals surface area (Å²) in [4.78, 5) is 11.4. The zero-order valence-corrected chi connectivity index (χ0v) is 18.4. The Balaban J connectivity index is 1.31. The zero-order chi connectivity index (χ0) is 24.0. The number of pyridine rings is 1. The number of halogens is 3. The molecule has 1 aliphatic rings. The lowest BCUT2D eigenvalue weighted by molar-refractivity contribution is -0.137. The highest BCUT2D eigenvalue weighted by Gasteiger charge is 2.36. The van der Waals surface area contributed by atoms with E-state index in [2.05, 4.69) is 35.8 Å². The molecule has 1 aromatic carbocycles. The summed E-state index contributed by atoms with van der Waals surface area (Å²) in [5.74, 6) is 1.06. The summed E-state index contributed by atoms with van der Waals surface area (Å²) in [6, 6.07) is 12.8. The van der Waals surface area contributed by atoms with Gasteiger partial charge in [-0.2, -0.15) is 13.2 Å². The third kappa shape index (κ3) is 3.97. The van der Waals surface area contributed by atoms with Gasteiger partial charge in [0.2, 0.25) is 5.95 Å². The summed E-state index contributed by atoms with van der Waals surface area (Å²) in [6.07, 6.45) is 0.453. The van der Waals surface area contributed by atoms with Crippen LogP contribution in [0, 0.1) is 0 Å². The van der Waals surface area contributed by atoms with Crippen LogP contribution < -0.4 is 10.6 Å². The molecule has 6 rings (SSSR count). The highest BCUT2D eigenvalue weighted by Crippen LogP contribution is 2.38. The normalized spacial score (nSPS) is 18.8. The minimum absolute atomic E-state index is 0.0705. The minimum Gasteiger partial charge on any atom is -0.360 e. The van der Waals surface area contributed by atoms with Gasteiger partial charge < -0.3 is 15.6 Å². The van der Waals surface area contributed by atoms with Crippen molar-refractivity contribution in [2.75, 3.05) is 18.4 Å². The Morgan fingerprint density at radius 2 is 1.89 bits per heavy atom. The molecule has 1 saturated heterocycles. The molecule has 0 spiro atoms. The third-order valence-corrected chi connectivity index (χ3v) is 6.33. The molecule has 11 heteroatoms. The number of aromatic nitrogens is 6. The van der Waals surface area contributed by atoms with Gasteiger partial charge in [0.15, 0.2) is 5.65 Å². The van der Waals surface area contributed by atoms with Gasteiger partial charge in [-0.05, 0) is 24.6 Å². The Morgan fingerprint density at radius 1 is 1.03 bits per heavy atom. The van der Waals surface area contributed by atoms with Crippen molar-refractivity contribution in [2.45, 2.75) is 24.6 Å². The van der Waals surface area contributed by atoms with Crippen LogP contribution in [0.2, 0.25) is 0 Å². The van der Waals surface area contributed by atoms with Crippen molar-refractivity contribution in [1.29, 1.82) is 0 Å². The van der Waals surface area contributed by atoms with Gasteiger partial charge in [-0.3, -0.25) is 4.40 Å². The first-order valence-electron chi connectivity index (χ1n) is 11.2. The van der Waals surface area contributed by atoms with Crippen molar-refractivity contribution >= 4 is 22.5 Å². The van der Waals surface area contributed by atoms with E-state index in [9.17, 15) is 13.2 Å². The van der Waals surface area contributed by atoms with Crippen LogP contribution in [0.4, 0.5) is 19.1 Å². The van der Waals surface area contributed by atoms with Crippen molar-refractivity contribution in [3.63, 3.8) is 0 Å². The van der Waals surface area contributed by atoms with Crippen molar-refractivity contribution in [3.8, 4) is 11.3 Å². The summed E-state index contributed by atoms with van der Waals surface area (Å²) in [5.41, 5.74) is 0.863. The number of piperidine rings is 1. The van der Waals surface area contributed by atoms with Crippen LogP contribution in [0.5, 0.6) is 0 Å². The molecule has 0 unspecified atom stereocenters. The van der Waals surface area contributed by atoms with Gasteiger partial charge >= 0.3 is 6.18 Å². The van der Waals surface area contributed by atoms with Crippen LogP contribution in [0.3, 0.4) is 0 Å². The summed E-state index contributed by atoms with van der Waals surface area (Å²) < 4.78 is 43.4. The number of rotatable bonds is 4. The fourth-order valence-electron chi connectivity index (χ4n) is 4.70. The van der Waals surface area contributed by atoms with Crippen LogP contribution in [0.1, 0.15) is 23.7 Å². The Kier molecular flexibility index (Phi) is 5.14. The molecule has 0 aliphatic carbocycles. The molecule has 0 radical (unpaired) electrons. The summed E-state index contributed by atoms with van der Waals surface area (Å²) in [5, 5.41) is 15.9. The molecular formula is C24H21F3N8. The van der Waals surface area contributed by atoms with Crippen molar-refractivity contribution in [2.24, 2.45) is 0 Å². The fourth-order valence-corrected chi connectivity index (χ4v) is 4.70. The molecule has 35 heavy (non-hydrogen) atoms. The van der Waals surface area contributed by atoms with Gasteiger partial charge in [-0.25, -0.2) is 9.97 Å². The maximum Gasteiger partial charge on any atom is 0.419 e. The number of hydrogen-bond donors (Lipinski definition) is 3. The number of alkyl halides is 3. The molecule has 1 aliphatic heterocycles. The van der Waals surface area contributed by atoms with E-state index >= 15 is 0 Å². The molecule has 5 heterocycles. The highest BCUT2D eigenvalue weighted by atomic mass is 19.4. The van der Waals surface area contributed by atoms with E-state index in [1.807, 2.05) is 40.9 Å². The first kappa shape index (κ1) is 21.5. The van der Waals surface area contributed by atoms with Gasteiger partial charge in [0.05, 0.1) is 5.69 Å². The van der Waals surface area contributed by atoms with E-state index in [1.165, 1.54) is 0 Å². The molecule has 5 aromatic rings. The van der Waals surface area contributed by atoms with E-state index in [0.717, 1.165) is 29.7 Å². The summed E-state index contributed by atoms with van der Waals surface area (Å²) in [6.45, 7) is 1.35. The summed E-state index contributed by atoms with van der Waals surface area (Å²) >= 11 is 0. The zero-order valence-electron chi connectivity index (χ0n) is 18.4. The van der Waals surface area contributed by atoms with Gasteiger partial charge in [0.25, 0.3) is 0 Å². The average molecular weight is 478 g/mol. The number of fused-ring (bicyclic) bond motifs is 2. The molecule has 2 atom stereocenters. The lowest BCUT2D eigenvalue weighted by atomic mass is 9.95. The standard InChI is InChI=1S/C24H21F3N8/c25-24(26,27)18-13-30-23(32-21(18)17-12-29-19-6-2-1-5-16(17)19)31-15-9-14(10-28-11-15)22-34-33-20-7-3-4-8-35(20)22/h1-8,12-15,28-29H,9-11H2,(H,30,31,32)/t14-,15+/m0/s1. The summed E-state index contributed by atoms with van der Waals surface area (Å²) in [7, 11) is 0. The Hall–Kier alpha value is -3.99. The van der Waals surface area contributed by atoms with E-state index in [0.29, 0.717) is 23.9 Å². The quantitative estimate of drug-likeness (QED) is 0.358. The Bertz CT molecular complexity index is 1510. The molecule has 0 saturated carbocycles. The minimum atomic E-state index is -4.58. The predicted molar refractivity (Wildman–Crippen MR) is 125 cm³/mol. The monoisotopic (exact) mass is 478 g/mol. The largest absolute Gasteiger partial charge is 0.419 e. The van der Waals surface area contributed by atoms with Gasteiger partial charge in [0, 0.05) is 60.1 Å². The topological polar surface area (TPSA) is 95.8 Å². The maximum atomic E-state index is 13.8. The molecule has 4 aromatic heterocycles. The second-order valence-corrected chi connectivity index (χ2v) is 8.62. The molecular weight excluding hydrogens is 457 g/mol. The van der Waals surface area contributed by atoms with Crippen LogP contribution in [-0.2, 0) is 6.18 Å². The van der Waals surface area contributed by atoms with E-state index in [4.69, 9.17) is 0 Å². The number of anilines is 1. The predicted octanol–water partition coefficient (Wildman–Crippen LogP) is 4.24. The maximum absolute atomic E-state index is 13.8. The SMILES string of the molecule is FC(F)(F)c1cnc(N[C@H]2CNC[C@@H](c3nnc4ccccn34)C2)nc1-c1c[nH]c2ccccc12. The molecule has 1 fully saturated rings. The van der Waals surface area contributed by atoms with Gasteiger partial charge in [-0.15, -0.1) is 10.2 Å². The first-order chi connectivity index (χ1) is 17.0. The van der Waals surface area contributed by atoms with Crippen molar-refractivity contribution in [1.82, 2.24) is 34.9 Å². The van der Waals surface area contributed by atoms with Crippen molar-refractivity contribution < 1.29 is 13.2 Å². The van der Waals surface area contributed by atoms with Crippen LogP contribution in [0.25, 0.3) is 27.8 Å². The Morgan fingerprint density at radius 3 is 2.77 bits per heavy atom. The number of aromatic amines is 1. The van der Waals surface area contributed by atoms with E-state index in [1.54, 1.807) is 18.3 Å². The highest BCUT2D eigenvalue weighted by molar-refractivity contribution is 5.95. The van der Waals surface area contributed by atoms with Crippen LogP contribution in [-0.4, -0.2) is 48.7 Å².